The van der Waals surface area contributed by atoms with Crippen LogP contribution in [0.4, 0.5) is 0 Å². The highest BCUT2D eigenvalue weighted by molar-refractivity contribution is 5.79. The molecule has 0 saturated carbocycles. The van der Waals surface area contributed by atoms with Crippen molar-refractivity contribution in [3.05, 3.63) is 34.4 Å². The number of aryl methyl sites for hydroxylation is 1. The van der Waals surface area contributed by atoms with Gasteiger partial charge < -0.3 is 4.74 Å². The molecule has 1 aromatic rings. The summed E-state index contributed by atoms with van der Waals surface area (Å²) in [5.74, 6) is -0.246. The highest BCUT2D eigenvalue weighted by Gasteiger charge is 2.27. The maximum absolute atomic E-state index is 11.6. The Labute approximate surface area is 110 Å². The minimum Gasteiger partial charge on any atom is -0.468 e. The van der Waals surface area contributed by atoms with Gasteiger partial charge in [-0.25, -0.2) is 0 Å². The lowest BCUT2D eigenvalue weighted by atomic mass is 9.98. The number of hydrogen-bond acceptors (Lipinski definition) is 3. The molecule has 3 nitrogen and oxygen atoms in total. The zero-order chi connectivity index (χ0) is 13.9. The van der Waals surface area contributed by atoms with Crippen molar-refractivity contribution >= 4 is 5.97 Å². The van der Waals surface area contributed by atoms with E-state index in [1.165, 1.54) is 29.4 Å². The summed E-state index contributed by atoms with van der Waals surface area (Å²) in [6.45, 7) is 10.7. The van der Waals surface area contributed by atoms with Crippen molar-refractivity contribution in [2.45, 2.75) is 46.7 Å². The van der Waals surface area contributed by atoms with Crippen molar-refractivity contribution < 1.29 is 9.53 Å². The number of benzene rings is 1. The van der Waals surface area contributed by atoms with Gasteiger partial charge in [-0.15, -0.1) is 0 Å². The molecule has 0 radical (unpaired) electrons. The summed E-state index contributed by atoms with van der Waals surface area (Å²) in [6, 6.07) is 4.22. The van der Waals surface area contributed by atoms with Crippen LogP contribution >= 0.6 is 0 Å². The van der Waals surface area contributed by atoms with E-state index in [-0.39, 0.29) is 5.97 Å². The Morgan fingerprint density at radius 3 is 2.39 bits per heavy atom. The molecule has 100 valence electrons. The molecule has 0 spiro atoms. The lowest BCUT2D eigenvalue weighted by Crippen LogP contribution is -2.47. The standard InChI is InChI=1S/C15H23NO2/c1-10-7-8-13(12(3)11(10)2)9-16-15(4,5)14(17)18-6/h7-8,16H,9H2,1-6H3. The van der Waals surface area contributed by atoms with Gasteiger partial charge in [-0.1, -0.05) is 12.1 Å². The Bertz CT molecular complexity index is 450. The molecule has 0 saturated heterocycles. The number of carbonyl (C=O) groups excluding carboxylic acids is 1. The molecule has 18 heavy (non-hydrogen) atoms. The van der Waals surface area contributed by atoms with E-state index >= 15 is 0 Å². The van der Waals surface area contributed by atoms with Crippen LogP contribution in [0.15, 0.2) is 12.1 Å². The monoisotopic (exact) mass is 249 g/mol. The fourth-order valence-electron chi connectivity index (χ4n) is 1.85. The second-order valence-electron chi connectivity index (χ2n) is 5.26. The lowest BCUT2D eigenvalue weighted by Gasteiger charge is -2.24. The fraction of sp³-hybridized carbons (Fsp3) is 0.533. The van der Waals surface area contributed by atoms with Crippen molar-refractivity contribution in [1.82, 2.24) is 5.32 Å². The van der Waals surface area contributed by atoms with E-state index in [0.717, 1.165) is 0 Å². The van der Waals surface area contributed by atoms with Crippen LogP contribution in [0, 0.1) is 20.8 Å². The van der Waals surface area contributed by atoms with Crippen LogP contribution < -0.4 is 5.32 Å². The van der Waals surface area contributed by atoms with E-state index in [1.54, 1.807) is 0 Å². The van der Waals surface area contributed by atoms with Gasteiger partial charge in [0, 0.05) is 6.54 Å². The summed E-state index contributed by atoms with van der Waals surface area (Å²) in [5.41, 5.74) is 4.44. The number of ether oxygens (including phenoxy) is 1. The summed E-state index contributed by atoms with van der Waals surface area (Å²) in [5, 5.41) is 3.24. The van der Waals surface area contributed by atoms with E-state index in [9.17, 15) is 4.79 Å². The largest absolute Gasteiger partial charge is 0.468 e. The zero-order valence-electron chi connectivity index (χ0n) is 12.2. The molecular formula is C15H23NO2. The van der Waals surface area contributed by atoms with Gasteiger partial charge in [0.15, 0.2) is 0 Å². The second kappa shape index (κ2) is 5.53. The zero-order valence-corrected chi connectivity index (χ0v) is 12.2. The van der Waals surface area contributed by atoms with Crippen LogP contribution in [0.5, 0.6) is 0 Å². The molecule has 3 heteroatoms. The molecule has 0 aliphatic rings. The summed E-state index contributed by atoms with van der Waals surface area (Å²) >= 11 is 0. The predicted molar refractivity (Wildman–Crippen MR) is 73.6 cm³/mol. The van der Waals surface area contributed by atoms with Crippen LogP contribution in [-0.4, -0.2) is 18.6 Å². The smallest absolute Gasteiger partial charge is 0.325 e. The van der Waals surface area contributed by atoms with E-state index in [0.29, 0.717) is 6.54 Å². The van der Waals surface area contributed by atoms with Gasteiger partial charge in [-0.2, -0.15) is 0 Å². The first-order valence-corrected chi connectivity index (χ1v) is 6.18. The van der Waals surface area contributed by atoms with Gasteiger partial charge in [0.1, 0.15) is 5.54 Å². The molecule has 0 heterocycles. The molecule has 1 aromatic carbocycles. The average Bonchev–Trinajstić information content (AvgIpc) is 2.34. The Hall–Kier alpha value is -1.35. The average molecular weight is 249 g/mol. The van der Waals surface area contributed by atoms with Crippen molar-refractivity contribution in [1.29, 1.82) is 0 Å². The molecule has 0 bridgehead atoms. The highest BCUT2D eigenvalue weighted by Crippen LogP contribution is 2.18. The first kappa shape index (κ1) is 14.7. The van der Waals surface area contributed by atoms with Gasteiger partial charge in [0.25, 0.3) is 0 Å². The maximum atomic E-state index is 11.6. The second-order valence-corrected chi connectivity index (χ2v) is 5.26. The lowest BCUT2D eigenvalue weighted by molar-refractivity contribution is -0.147. The summed E-state index contributed by atoms with van der Waals surface area (Å²) in [7, 11) is 1.41. The summed E-state index contributed by atoms with van der Waals surface area (Å²) in [4.78, 5) is 11.6. The number of esters is 1. The summed E-state index contributed by atoms with van der Waals surface area (Å²) < 4.78 is 4.78. The quantitative estimate of drug-likeness (QED) is 0.834. The normalized spacial score (nSPS) is 11.4. The molecule has 0 aliphatic carbocycles. The van der Waals surface area contributed by atoms with Crippen molar-refractivity contribution in [3.8, 4) is 0 Å². The van der Waals surface area contributed by atoms with E-state index < -0.39 is 5.54 Å². The number of rotatable bonds is 4. The van der Waals surface area contributed by atoms with Crippen LogP contribution in [0.3, 0.4) is 0 Å². The molecule has 0 unspecified atom stereocenters. The van der Waals surface area contributed by atoms with Crippen molar-refractivity contribution in [3.63, 3.8) is 0 Å². The van der Waals surface area contributed by atoms with Crippen LogP contribution in [0.2, 0.25) is 0 Å². The summed E-state index contributed by atoms with van der Waals surface area (Å²) in [6.07, 6.45) is 0. The topological polar surface area (TPSA) is 38.3 Å². The SMILES string of the molecule is COC(=O)C(C)(C)NCc1ccc(C)c(C)c1C. The third-order valence-corrected chi connectivity index (χ3v) is 3.59. The molecule has 1 N–H and O–H groups in total. The first-order valence-electron chi connectivity index (χ1n) is 6.18. The van der Waals surface area contributed by atoms with E-state index in [2.05, 4.69) is 38.2 Å². The van der Waals surface area contributed by atoms with Gasteiger partial charge >= 0.3 is 5.97 Å². The Morgan fingerprint density at radius 1 is 1.22 bits per heavy atom. The van der Waals surface area contributed by atoms with Crippen LogP contribution in [0.1, 0.15) is 36.1 Å². The molecule has 1 rings (SSSR count). The number of carbonyl (C=O) groups is 1. The van der Waals surface area contributed by atoms with Gasteiger partial charge in [-0.3, -0.25) is 10.1 Å². The number of hydrogen-bond donors (Lipinski definition) is 1. The molecule has 0 aliphatic heterocycles. The number of methoxy groups -OCH3 is 1. The minimum atomic E-state index is -0.667. The fourth-order valence-corrected chi connectivity index (χ4v) is 1.85. The molecule has 0 aromatic heterocycles. The third kappa shape index (κ3) is 3.10. The maximum Gasteiger partial charge on any atom is 0.325 e. The third-order valence-electron chi connectivity index (χ3n) is 3.59. The Kier molecular flexibility index (Phi) is 4.52. The molecule has 0 fully saturated rings. The van der Waals surface area contributed by atoms with Gasteiger partial charge in [0.2, 0.25) is 0 Å². The Balaban J connectivity index is 2.82. The number of nitrogens with one attached hydrogen (secondary N) is 1. The van der Waals surface area contributed by atoms with Crippen molar-refractivity contribution in [2.75, 3.05) is 7.11 Å². The predicted octanol–water partition coefficient (Wildman–Crippen LogP) is 2.65. The van der Waals surface area contributed by atoms with Gasteiger partial charge in [0.05, 0.1) is 7.11 Å². The van der Waals surface area contributed by atoms with Crippen LogP contribution in [0.25, 0.3) is 0 Å². The van der Waals surface area contributed by atoms with Crippen LogP contribution in [-0.2, 0) is 16.1 Å². The van der Waals surface area contributed by atoms with E-state index in [4.69, 9.17) is 4.74 Å². The Morgan fingerprint density at radius 2 is 1.83 bits per heavy atom. The van der Waals surface area contributed by atoms with Gasteiger partial charge in [-0.05, 0) is 56.9 Å². The molecular weight excluding hydrogens is 226 g/mol. The molecule has 0 amide bonds. The highest BCUT2D eigenvalue weighted by atomic mass is 16.5. The van der Waals surface area contributed by atoms with E-state index in [1.807, 2.05) is 13.8 Å². The molecule has 0 atom stereocenters. The first-order chi connectivity index (χ1) is 8.29. The van der Waals surface area contributed by atoms with Crippen molar-refractivity contribution in [2.24, 2.45) is 0 Å². The minimum absolute atomic E-state index is 0.246.